The minimum atomic E-state index is -0.716. The first-order valence-electron chi connectivity index (χ1n) is 6.61. The Labute approximate surface area is 113 Å². The molecular formula is C14H21N3O2. The van der Waals surface area contributed by atoms with Crippen LogP contribution in [0.5, 0.6) is 0 Å². The molecule has 5 nitrogen and oxygen atoms in total. The fourth-order valence-electron chi connectivity index (χ4n) is 2.61. The van der Waals surface area contributed by atoms with E-state index in [1.165, 1.54) is 0 Å². The molecule has 0 radical (unpaired) electrons. The van der Waals surface area contributed by atoms with E-state index in [1.807, 2.05) is 25.2 Å². The molecule has 1 aliphatic rings. The zero-order chi connectivity index (χ0) is 13.8. The lowest BCUT2D eigenvalue weighted by Gasteiger charge is -2.27. The van der Waals surface area contributed by atoms with Crippen molar-refractivity contribution in [3.05, 3.63) is 30.1 Å². The first-order chi connectivity index (χ1) is 9.06. The molecule has 5 heteroatoms. The summed E-state index contributed by atoms with van der Waals surface area (Å²) in [6.45, 7) is 4.93. The number of nitrogens with zero attached hydrogens (tertiary/aromatic N) is 3. The molecule has 1 aromatic heterocycles. The molecule has 1 fully saturated rings. The summed E-state index contributed by atoms with van der Waals surface area (Å²) < 4.78 is 0. The number of pyridine rings is 1. The molecule has 0 aliphatic carbocycles. The number of likely N-dealkylation sites (N-methyl/N-ethyl adjacent to an activating group) is 1. The Balaban J connectivity index is 2.10. The maximum atomic E-state index is 11.3. The van der Waals surface area contributed by atoms with E-state index < -0.39 is 5.97 Å². The molecular weight excluding hydrogens is 242 g/mol. The van der Waals surface area contributed by atoms with Gasteiger partial charge in [0, 0.05) is 38.4 Å². The summed E-state index contributed by atoms with van der Waals surface area (Å²) in [7, 11) is 1.98. The van der Waals surface area contributed by atoms with Crippen LogP contribution < -0.4 is 0 Å². The average molecular weight is 263 g/mol. The highest BCUT2D eigenvalue weighted by Crippen LogP contribution is 2.16. The molecule has 1 aliphatic heterocycles. The summed E-state index contributed by atoms with van der Waals surface area (Å²) in [5, 5.41) is 9.28. The largest absolute Gasteiger partial charge is 0.481 e. The highest BCUT2D eigenvalue weighted by Gasteiger charge is 2.29. The van der Waals surface area contributed by atoms with E-state index in [4.69, 9.17) is 0 Å². The SMILES string of the molecule is CC1CN(C)CC(C(=O)O)CN1Cc1ccccn1. The zero-order valence-corrected chi connectivity index (χ0v) is 11.5. The van der Waals surface area contributed by atoms with Crippen LogP contribution in [0, 0.1) is 5.92 Å². The van der Waals surface area contributed by atoms with Crippen LogP contribution >= 0.6 is 0 Å². The number of rotatable bonds is 3. The molecule has 2 atom stereocenters. The van der Waals surface area contributed by atoms with Crippen molar-refractivity contribution in [2.24, 2.45) is 5.92 Å². The lowest BCUT2D eigenvalue weighted by molar-refractivity contribution is -0.142. The molecule has 0 spiro atoms. The third-order valence-corrected chi connectivity index (χ3v) is 3.63. The predicted molar refractivity (Wildman–Crippen MR) is 72.7 cm³/mol. The number of aliphatic carboxylic acids is 1. The van der Waals surface area contributed by atoms with Gasteiger partial charge in [-0.3, -0.25) is 14.7 Å². The molecule has 2 unspecified atom stereocenters. The molecule has 0 aromatic carbocycles. The summed E-state index contributed by atoms with van der Waals surface area (Å²) >= 11 is 0. The second-order valence-electron chi connectivity index (χ2n) is 5.36. The first-order valence-corrected chi connectivity index (χ1v) is 6.61. The number of aromatic nitrogens is 1. The van der Waals surface area contributed by atoms with E-state index in [-0.39, 0.29) is 5.92 Å². The van der Waals surface area contributed by atoms with Gasteiger partial charge in [0.15, 0.2) is 0 Å². The maximum absolute atomic E-state index is 11.3. The van der Waals surface area contributed by atoms with Crippen LogP contribution in [0.15, 0.2) is 24.4 Å². The number of carboxylic acids is 1. The van der Waals surface area contributed by atoms with Gasteiger partial charge in [-0.1, -0.05) is 6.07 Å². The minimum absolute atomic E-state index is 0.330. The highest BCUT2D eigenvalue weighted by molar-refractivity contribution is 5.70. The fraction of sp³-hybridized carbons (Fsp3) is 0.571. The summed E-state index contributed by atoms with van der Waals surface area (Å²) in [6, 6.07) is 6.17. The van der Waals surface area contributed by atoms with E-state index in [9.17, 15) is 9.90 Å². The van der Waals surface area contributed by atoms with Crippen molar-refractivity contribution in [2.45, 2.75) is 19.5 Å². The number of hydrogen-bond acceptors (Lipinski definition) is 4. The van der Waals surface area contributed by atoms with Gasteiger partial charge in [-0.25, -0.2) is 0 Å². The van der Waals surface area contributed by atoms with Crippen molar-refractivity contribution in [1.29, 1.82) is 0 Å². The van der Waals surface area contributed by atoms with E-state index in [1.54, 1.807) is 6.20 Å². The van der Waals surface area contributed by atoms with Crippen LogP contribution in [0.25, 0.3) is 0 Å². The second kappa shape index (κ2) is 6.12. The first kappa shape index (κ1) is 14.0. The zero-order valence-electron chi connectivity index (χ0n) is 11.5. The molecule has 1 saturated heterocycles. The Hall–Kier alpha value is -1.46. The Morgan fingerprint density at radius 3 is 2.84 bits per heavy atom. The molecule has 19 heavy (non-hydrogen) atoms. The number of carbonyl (C=O) groups is 1. The Morgan fingerprint density at radius 2 is 2.21 bits per heavy atom. The Kier molecular flexibility index (Phi) is 4.50. The Morgan fingerprint density at radius 1 is 1.42 bits per heavy atom. The molecule has 1 aromatic rings. The molecule has 0 amide bonds. The van der Waals surface area contributed by atoms with Crippen molar-refractivity contribution in [1.82, 2.24) is 14.8 Å². The van der Waals surface area contributed by atoms with Crippen LogP contribution in [0.4, 0.5) is 0 Å². The van der Waals surface area contributed by atoms with Gasteiger partial charge in [0.1, 0.15) is 0 Å². The van der Waals surface area contributed by atoms with Crippen LogP contribution in [-0.2, 0) is 11.3 Å². The molecule has 2 rings (SSSR count). The molecule has 104 valence electrons. The van der Waals surface area contributed by atoms with Gasteiger partial charge in [-0.05, 0) is 26.1 Å². The average Bonchev–Trinajstić information content (AvgIpc) is 2.50. The van der Waals surface area contributed by atoms with Gasteiger partial charge in [0.2, 0.25) is 0 Å². The normalized spacial score (nSPS) is 26.0. The standard InChI is InChI=1S/C14H21N3O2/c1-11-7-16(2)8-12(14(18)19)9-17(11)10-13-5-3-4-6-15-13/h3-6,11-12H,7-10H2,1-2H3,(H,18,19). The maximum Gasteiger partial charge on any atom is 0.309 e. The Bertz CT molecular complexity index is 424. The highest BCUT2D eigenvalue weighted by atomic mass is 16.4. The van der Waals surface area contributed by atoms with Crippen LogP contribution in [0.3, 0.4) is 0 Å². The molecule has 1 N–H and O–H groups in total. The quantitative estimate of drug-likeness (QED) is 0.879. The summed E-state index contributed by atoms with van der Waals surface area (Å²) in [4.78, 5) is 19.9. The van der Waals surface area contributed by atoms with Gasteiger partial charge in [-0.15, -0.1) is 0 Å². The van der Waals surface area contributed by atoms with Crippen molar-refractivity contribution in [3.8, 4) is 0 Å². The minimum Gasteiger partial charge on any atom is -0.481 e. The van der Waals surface area contributed by atoms with Crippen molar-refractivity contribution < 1.29 is 9.90 Å². The topological polar surface area (TPSA) is 56.7 Å². The van der Waals surface area contributed by atoms with Crippen LogP contribution in [0.1, 0.15) is 12.6 Å². The van der Waals surface area contributed by atoms with Crippen molar-refractivity contribution in [3.63, 3.8) is 0 Å². The van der Waals surface area contributed by atoms with Gasteiger partial charge in [0.25, 0.3) is 0 Å². The van der Waals surface area contributed by atoms with Gasteiger partial charge < -0.3 is 10.0 Å². The van der Waals surface area contributed by atoms with E-state index in [0.29, 0.717) is 25.7 Å². The predicted octanol–water partition coefficient (Wildman–Crippen LogP) is 0.918. The number of hydrogen-bond donors (Lipinski definition) is 1. The fourth-order valence-corrected chi connectivity index (χ4v) is 2.61. The molecule has 0 saturated carbocycles. The summed E-state index contributed by atoms with van der Waals surface area (Å²) in [5.41, 5.74) is 0.989. The van der Waals surface area contributed by atoms with E-state index in [0.717, 1.165) is 12.2 Å². The summed E-state index contributed by atoms with van der Waals surface area (Å²) in [5.74, 6) is -1.05. The van der Waals surface area contributed by atoms with Gasteiger partial charge in [-0.2, -0.15) is 0 Å². The molecule has 2 heterocycles. The van der Waals surface area contributed by atoms with E-state index >= 15 is 0 Å². The van der Waals surface area contributed by atoms with Crippen LogP contribution in [0.2, 0.25) is 0 Å². The third kappa shape index (κ3) is 3.75. The summed E-state index contributed by atoms with van der Waals surface area (Å²) in [6.07, 6.45) is 1.78. The van der Waals surface area contributed by atoms with Crippen molar-refractivity contribution >= 4 is 5.97 Å². The smallest absolute Gasteiger partial charge is 0.309 e. The van der Waals surface area contributed by atoms with Gasteiger partial charge >= 0.3 is 5.97 Å². The second-order valence-corrected chi connectivity index (χ2v) is 5.36. The van der Waals surface area contributed by atoms with E-state index in [2.05, 4.69) is 21.7 Å². The van der Waals surface area contributed by atoms with Gasteiger partial charge in [0.05, 0.1) is 11.6 Å². The monoisotopic (exact) mass is 263 g/mol. The lowest BCUT2D eigenvalue weighted by atomic mass is 10.1. The van der Waals surface area contributed by atoms with Crippen molar-refractivity contribution in [2.75, 3.05) is 26.7 Å². The third-order valence-electron chi connectivity index (χ3n) is 3.63. The lowest BCUT2D eigenvalue weighted by Crippen LogP contribution is -2.38. The van der Waals surface area contributed by atoms with Crippen LogP contribution in [-0.4, -0.2) is 58.6 Å². The molecule has 0 bridgehead atoms. The number of carboxylic acid groups (broad SMARTS) is 1.